The largest absolute Gasteiger partial charge is 0.530 e. The predicted molar refractivity (Wildman–Crippen MR) is 184 cm³/mol. The first kappa shape index (κ1) is 32.3. The van der Waals surface area contributed by atoms with Crippen molar-refractivity contribution in [3.8, 4) is 39.9 Å². The van der Waals surface area contributed by atoms with Gasteiger partial charge in [-0.25, -0.2) is 0 Å². The van der Waals surface area contributed by atoms with E-state index in [0.29, 0.717) is 28.7 Å². The van der Waals surface area contributed by atoms with Gasteiger partial charge in [0.25, 0.3) is 0 Å². The van der Waals surface area contributed by atoms with E-state index in [2.05, 4.69) is 12.1 Å². The van der Waals surface area contributed by atoms with E-state index in [1.807, 2.05) is 133 Å². The molecule has 0 aromatic heterocycles. The van der Waals surface area contributed by atoms with Crippen molar-refractivity contribution >= 4 is 17.2 Å². The van der Waals surface area contributed by atoms with E-state index >= 15 is 0 Å². The Bertz CT molecular complexity index is 1760. The number of benzene rings is 5. The van der Waals surface area contributed by atoms with Crippen LogP contribution in [0.1, 0.15) is 38.9 Å². The summed E-state index contributed by atoms with van der Waals surface area (Å²) in [5.41, 5.74) is 8.27. The van der Waals surface area contributed by atoms with Crippen LogP contribution >= 0.6 is 17.2 Å². The maximum atomic E-state index is 11.0. The molecule has 0 fully saturated rings. The number of aryl methyl sites for hydroxylation is 7. The number of para-hydroxylation sites is 3. The Kier molecular flexibility index (Phi) is 10.3. The van der Waals surface area contributed by atoms with Crippen molar-refractivity contribution in [3.63, 3.8) is 0 Å². The summed E-state index contributed by atoms with van der Waals surface area (Å²) >= 11 is 0. The Balaban J connectivity index is 1.56. The van der Waals surface area contributed by atoms with Crippen LogP contribution in [0.25, 0.3) is 11.1 Å². The van der Waals surface area contributed by atoms with Gasteiger partial charge in [-0.1, -0.05) is 66.7 Å². The molecule has 0 heterocycles. The Morgan fingerprint density at radius 1 is 0.422 bits per heavy atom. The molecule has 0 saturated carbocycles. The van der Waals surface area contributed by atoms with Crippen molar-refractivity contribution in [2.45, 2.75) is 48.5 Å². The minimum absolute atomic E-state index is 0.515. The van der Waals surface area contributed by atoms with Crippen molar-refractivity contribution in [3.05, 3.63) is 136 Å². The van der Waals surface area contributed by atoms with Crippen molar-refractivity contribution in [1.82, 2.24) is 0 Å². The number of hydrogen-bond acceptors (Lipinski definition) is 6. The Morgan fingerprint density at radius 3 is 1.22 bits per heavy atom. The van der Waals surface area contributed by atoms with Crippen LogP contribution in [0.5, 0.6) is 28.7 Å². The van der Waals surface area contributed by atoms with Crippen LogP contribution < -0.4 is 22.6 Å². The fourth-order valence-electron chi connectivity index (χ4n) is 5.00. The molecule has 232 valence electrons. The third-order valence-corrected chi connectivity index (χ3v) is 8.98. The molecule has 5 aromatic rings. The smallest absolute Gasteiger partial charge is 0.418 e. The van der Waals surface area contributed by atoms with Crippen molar-refractivity contribution in [1.29, 1.82) is 0 Å². The normalized spacial score (nSPS) is 11.7. The van der Waals surface area contributed by atoms with Gasteiger partial charge >= 0.3 is 17.2 Å². The molecule has 0 amide bonds. The van der Waals surface area contributed by atoms with Crippen LogP contribution in [0.4, 0.5) is 0 Å². The lowest BCUT2D eigenvalue weighted by atomic mass is 9.95. The topological polar surface area (TPSA) is 66.4 Å². The predicted octanol–water partition coefficient (Wildman–Crippen LogP) is 11.0. The highest BCUT2D eigenvalue weighted by Gasteiger charge is 2.27. The summed E-state index contributed by atoms with van der Waals surface area (Å²) in [7, 11) is -4.23. The Morgan fingerprint density at radius 2 is 0.800 bits per heavy atom. The van der Waals surface area contributed by atoms with Gasteiger partial charge < -0.3 is 27.5 Å². The van der Waals surface area contributed by atoms with Crippen LogP contribution in [-0.4, -0.2) is 4.89 Å². The summed E-state index contributed by atoms with van der Waals surface area (Å²) in [6.07, 6.45) is 0. The van der Waals surface area contributed by atoms with Gasteiger partial charge in [0.05, 0.1) is 0 Å². The van der Waals surface area contributed by atoms with Gasteiger partial charge in [0.2, 0.25) is 0 Å². The summed E-state index contributed by atoms with van der Waals surface area (Å²) in [6.45, 7) is 13.9. The van der Waals surface area contributed by atoms with Crippen molar-refractivity contribution in [2.75, 3.05) is 0 Å². The second kappa shape index (κ2) is 14.3. The van der Waals surface area contributed by atoms with Gasteiger partial charge in [0, 0.05) is 11.1 Å². The van der Waals surface area contributed by atoms with E-state index in [4.69, 9.17) is 22.6 Å². The average Bonchev–Trinajstić information content (AvgIpc) is 2.99. The van der Waals surface area contributed by atoms with E-state index in [-0.39, 0.29) is 0 Å². The van der Waals surface area contributed by atoms with Crippen molar-refractivity contribution < 1.29 is 27.5 Å². The van der Waals surface area contributed by atoms with Crippen LogP contribution in [0.2, 0.25) is 0 Å². The quantitative estimate of drug-likeness (QED) is 0.145. The molecule has 0 aliphatic carbocycles. The molecule has 1 unspecified atom stereocenters. The maximum absolute atomic E-state index is 11.0. The molecule has 0 saturated heterocycles. The molecular weight excluding hydrogens is 602 g/mol. The van der Waals surface area contributed by atoms with Crippen LogP contribution in [0.15, 0.2) is 97.1 Å². The van der Waals surface area contributed by atoms with Crippen molar-refractivity contribution in [2.24, 2.45) is 0 Å². The monoisotopic (exact) mass is 640 g/mol. The van der Waals surface area contributed by atoms with Gasteiger partial charge in [-0.15, -0.1) is 0 Å². The molecule has 0 radical (unpaired) electrons. The molecule has 5 aromatic carbocycles. The highest BCUT2D eigenvalue weighted by atomic mass is 31.2. The first-order chi connectivity index (χ1) is 21.6. The first-order valence-electron chi connectivity index (χ1n) is 14.7. The zero-order valence-corrected chi connectivity index (χ0v) is 28.4. The first-order valence-corrected chi connectivity index (χ1v) is 16.9. The number of hydrogen-bond donors (Lipinski definition) is 1. The third kappa shape index (κ3) is 7.96. The molecule has 5 rings (SSSR count). The Labute approximate surface area is 268 Å². The molecule has 0 bridgehead atoms. The highest BCUT2D eigenvalue weighted by Crippen LogP contribution is 2.51. The minimum Gasteiger partial charge on any atom is -0.418 e. The van der Waals surface area contributed by atoms with E-state index in [9.17, 15) is 4.89 Å². The van der Waals surface area contributed by atoms with Crippen LogP contribution in [0.3, 0.4) is 0 Å². The second-order valence-electron chi connectivity index (χ2n) is 11.1. The molecule has 0 aliphatic rings. The average molecular weight is 641 g/mol. The zero-order chi connectivity index (χ0) is 32.1. The maximum Gasteiger partial charge on any atom is 0.530 e. The molecule has 0 aliphatic heterocycles. The fraction of sp³-hybridized carbons (Fsp3) is 0.189. The van der Waals surface area contributed by atoms with Gasteiger partial charge in [-0.05, 0) is 118 Å². The molecule has 6 nitrogen and oxygen atoms in total. The third-order valence-electron chi connectivity index (χ3n) is 7.27. The van der Waals surface area contributed by atoms with E-state index in [0.717, 1.165) is 50.1 Å². The van der Waals surface area contributed by atoms with E-state index in [1.54, 1.807) is 0 Å². The summed E-state index contributed by atoms with van der Waals surface area (Å²) in [5.74, 6) is 3.05. The van der Waals surface area contributed by atoms with E-state index in [1.165, 1.54) is 0 Å². The zero-order valence-electron chi connectivity index (χ0n) is 26.6. The molecule has 1 N–H and O–H groups in total. The second-order valence-corrected chi connectivity index (χ2v) is 13.0. The highest BCUT2D eigenvalue weighted by molar-refractivity contribution is 7.43. The lowest BCUT2D eigenvalue weighted by Crippen LogP contribution is -2.06. The fourth-order valence-corrected chi connectivity index (χ4v) is 7.04. The lowest BCUT2D eigenvalue weighted by Gasteiger charge is -2.24. The summed E-state index contributed by atoms with van der Waals surface area (Å²) in [4.78, 5) is 11.0. The van der Waals surface area contributed by atoms with Gasteiger partial charge in [-0.2, -0.15) is 0 Å². The van der Waals surface area contributed by atoms with Gasteiger partial charge in [-0.3, -0.25) is 0 Å². The molecule has 0 spiro atoms. The standard InChI is InChI=1S/C37H38O6P2/c1-24-20-29(6)36(42-44(38)39-33-17-11-8-14-26(33)3)31(22-24)32-23-25(2)21-30(7)37(32)43-45(40-34-18-12-9-15-27(34)4)41-35-19-13-10-16-28(35)5/h8-23,38H,1-7H3. The molecule has 1 atom stereocenters. The Hall–Kier alpha value is -4.08. The lowest BCUT2D eigenvalue weighted by molar-refractivity contribution is 0.378. The SMILES string of the molecule is Cc1cc(C)c(OP(O)Oc2ccccc2C)c(-c2cc(C)cc(C)c2OP(Oc2ccccc2C)Oc2ccccc2C)c1. The van der Waals surface area contributed by atoms with Gasteiger partial charge in [0.1, 0.15) is 28.7 Å². The van der Waals surface area contributed by atoms with E-state index < -0.39 is 17.2 Å². The summed E-state index contributed by atoms with van der Waals surface area (Å²) < 4.78 is 31.6. The molecule has 8 heteroatoms. The number of rotatable bonds is 11. The minimum atomic E-state index is -2.28. The molecular formula is C37H38O6P2. The summed E-state index contributed by atoms with van der Waals surface area (Å²) in [6, 6.07) is 31.3. The molecule has 45 heavy (non-hydrogen) atoms. The summed E-state index contributed by atoms with van der Waals surface area (Å²) in [5, 5.41) is 0. The van der Waals surface area contributed by atoms with Gasteiger partial charge in [0.15, 0.2) is 0 Å². The van der Waals surface area contributed by atoms with Crippen LogP contribution in [0, 0.1) is 48.5 Å². The van der Waals surface area contributed by atoms with Crippen LogP contribution in [-0.2, 0) is 0 Å².